The number of rotatable bonds is 26. The molecule has 23 nitrogen and oxygen atoms in total. The van der Waals surface area contributed by atoms with E-state index in [4.69, 9.17) is 0 Å². The minimum Gasteiger partial charge on any atom is -0.308 e. The molecule has 5 N–H and O–H groups in total. The second-order valence-corrected chi connectivity index (χ2v) is 46.7. The van der Waals surface area contributed by atoms with Crippen molar-refractivity contribution in [2.75, 3.05) is 79.5 Å². The average molecular weight is 1930 g/mol. The number of piperidine rings is 3. The van der Waals surface area contributed by atoms with E-state index in [0.29, 0.717) is 99.9 Å². The lowest BCUT2D eigenvalue weighted by atomic mass is 9.90. The predicted molar refractivity (Wildman–Crippen MR) is 515 cm³/mol. The summed E-state index contributed by atoms with van der Waals surface area (Å²) >= 11 is 0. The third kappa shape index (κ3) is 38.8. The van der Waals surface area contributed by atoms with Crippen molar-refractivity contribution in [3.8, 4) is 0 Å². The van der Waals surface area contributed by atoms with Crippen LogP contribution in [0.2, 0.25) is 0 Å². The quantitative estimate of drug-likeness (QED) is 0.0336. The smallest absolute Gasteiger partial charge is 0.258 e. The Morgan fingerprint density at radius 1 is 0.367 bits per heavy atom. The first kappa shape index (κ1) is 112. The fraction of sp³-hybridized carbons (Fsp3) is 0.495. The van der Waals surface area contributed by atoms with Gasteiger partial charge in [-0.05, 0) is 235 Å². The molecule has 3 saturated heterocycles. The molecule has 2 saturated carbocycles. The van der Waals surface area contributed by atoms with Crippen molar-refractivity contribution in [3.63, 3.8) is 0 Å². The van der Waals surface area contributed by atoms with Crippen LogP contribution in [0, 0.1) is 66.2 Å². The van der Waals surface area contributed by atoms with E-state index in [1.54, 1.807) is 106 Å². The van der Waals surface area contributed by atoms with Crippen LogP contribution in [0.25, 0.3) is 0 Å². The fourth-order valence-corrected chi connectivity index (χ4v) is 23.2. The minimum atomic E-state index is -3.84. The number of likely N-dealkylation sites (tertiary alicyclic amines) is 1. The lowest BCUT2D eigenvalue weighted by Gasteiger charge is -2.32. The number of nitrogens with zero attached hydrogens (tertiary/aromatic N) is 4. The van der Waals surface area contributed by atoms with Gasteiger partial charge in [-0.3, -0.25) is 4.90 Å². The highest BCUT2D eigenvalue weighted by Gasteiger charge is 2.32. The van der Waals surface area contributed by atoms with Gasteiger partial charge in [-0.1, -0.05) is 220 Å². The molecule has 128 heavy (non-hydrogen) atoms. The van der Waals surface area contributed by atoms with Crippen molar-refractivity contribution in [2.45, 2.75) is 245 Å². The molecule has 5 aliphatic rings. The molecular formula is C95H140ClF2N9O14S7. The highest BCUT2D eigenvalue weighted by atomic mass is 35.5. The van der Waals surface area contributed by atoms with E-state index in [-0.39, 0.29) is 36.8 Å². The van der Waals surface area contributed by atoms with Crippen LogP contribution in [0.1, 0.15) is 182 Å². The molecule has 0 aromatic heterocycles. The van der Waals surface area contributed by atoms with Crippen LogP contribution in [0.5, 0.6) is 0 Å². The Kier molecular flexibility index (Phi) is 46.4. The SMILES string of the molecule is C.CCC1CCN(S(=O)(=O)c2ccc(C)cc2)CC1.Cc1ccc(S(=O)(=O)N2CCC(C)CC2)cc1.Cc1ccc(S(=O)(=O)NC2CCCCC2)cc1.Cc1ccc(S(=O)(=O)NC2CCN(Cc3ccccc3)CC2)cc1.Cc1ccc(S(=O)(=O)NCC(C)(F)F)cc1.Cc1ccc(S(=O)(=O)NCC2CCCCC2)cc1.Cc1ccc(S(=O)(=O)NCCN(C)C)cc1.Cl. The molecule has 3 heterocycles. The van der Waals surface area contributed by atoms with Crippen molar-refractivity contribution < 1.29 is 67.7 Å². The van der Waals surface area contributed by atoms with Crippen molar-refractivity contribution >= 4 is 82.6 Å². The fourth-order valence-electron chi connectivity index (χ4n) is 14.4. The second-order valence-electron chi connectivity index (χ2n) is 34.1. The summed E-state index contributed by atoms with van der Waals surface area (Å²) in [5, 5.41) is 0. The summed E-state index contributed by atoms with van der Waals surface area (Å²) in [6.07, 6.45) is 18.2. The molecule has 0 spiro atoms. The van der Waals surface area contributed by atoms with E-state index in [1.165, 1.54) is 43.4 Å². The molecular weight excluding hydrogens is 1790 g/mol. The van der Waals surface area contributed by atoms with Crippen LogP contribution in [-0.4, -0.2) is 175 Å². The lowest BCUT2D eigenvalue weighted by molar-refractivity contribution is 0.0281. The van der Waals surface area contributed by atoms with Gasteiger partial charge >= 0.3 is 0 Å². The molecule has 8 aromatic rings. The molecule has 712 valence electrons. The predicted octanol–water partition coefficient (Wildman–Crippen LogP) is 17.4. The van der Waals surface area contributed by atoms with Gasteiger partial charge in [0.25, 0.3) is 5.92 Å². The summed E-state index contributed by atoms with van der Waals surface area (Å²) in [5.74, 6) is -1.22. The Labute approximate surface area is 773 Å². The molecule has 0 unspecified atom stereocenters. The first-order valence-corrected chi connectivity index (χ1v) is 53.9. The van der Waals surface area contributed by atoms with E-state index < -0.39 is 82.6 Å². The highest BCUT2D eigenvalue weighted by molar-refractivity contribution is 7.91. The van der Waals surface area contributed by atoms with Crippen LogP contribution in [0.15, 0.2) is 234 Å². The number of aryl methyl sites for hydroxylation is 7. The summed E-state index contributed by atoms with van der Waals surface area (Å²) in [7, 11) is -20.0. The van der Waals surface area contributed by atoms with Gasteiger partial charge in [-0.15, -0.1) is 12.4 Å². The van der Waals surface area contributed by atoms with Crippen molar-refractivity contribution in [1.29, 1.82) is 0 Å². The second kappa shape index (κ2) is 53.2. The van der Waals surface area contributed by atoms with Crippen molar-refractivity contribution in [3.05, 3.63) is 245 Å². The van der Waals surface area contributed by atoms with Gasteiger partial charge in [0, 0.05) is 84.5 Å². The van der Waals surface area contributed by atoms with E-state index in [0.717, 1.165) is 142 Å². The van der Waals surface area contributed by atoms with E-state index in [1.807, 2.05) is 139 Å². The van der Waals surface area contributed by atoms with Crippen LogP contribution < -0.4 is 23.6 Å². The third-order valence-corrected chi connectivity index (χ3v) is 33.9. The maximum Gasteiger partial charge on any atom is 0.258 e. The average Bonchev–Trinajstić information content (AvgIpc) is 0.777. The number of sulfonamides is 7. The normalized spacial score (nSPS) is 16.5. The Hall–Kier alpha value is -6.80. The number of hydrogen-bond acceptors (Lipinski definition) is 16. The zero-order valence-corrected chi connectivity index (χ0v) is 82.3. The minimum absolute atomic E-state index is 0. The molecule has 3 aliphatic heterocycles. The van der Waals surface area contributed by atoms with Gasteiger partial charge in [0.05, 0.1) is 40.8 Å². The van der Waals surface area contributed by atoms with Gasteiger partial charge in [-0.25, -0.2) is 91.3 Å². The molecule has 5 fully saturated rings. The molecule has 0 bridgehead atoms. The molecule has 13 rings (SSSR count). The van der Waals surface area contributed by atoms with Gasteiger partial charge < -0.3 is 4.90 Å². The van der Waals surface area contributed by atoms with Gasteiger partial charge in [0.15, 0.2) is 0 Å². The van der Waals surface area contributed by atoms with Gasteiger partial charge in [0.1, 0.15) is 0 Å². The zero-order valence-electron chi connectivity index (χ0n) is 75.8. The summed E-state index contributed by atoms with van der Waals surface area (Å²) in [5.41, 5.74) is 8.61. The van der Waals surface area contributed by atoms with Crippen LogP contribution in [0.3, 0.4) is 0 Å². The number of hydrogen-bond donors (Lipinski definition) is 5. The van der Waals surface area contributed by atoms with Crippen LogP contribution >= 0.6 is 12.4 Å². The maximum atomic E-state index is 12.5. The van der Waals surface area contributed by atoms with Gasteiger partial charge in [0.2, 0.25) is 70.2 Å². The number of nitrogens with one attached hydrogen (secondary N) is 5. The highest BCUT2D eigenvalue weighted by Crippen LogP contribution is 2.29. The van der Waals surface area contributed by atoms with Crippen molar-refractivity contribution in [1.82, 2.24) is 42.0 Å². The number of benzene rings is 8. The Bertz CT molecular complexity index is 5430. The summed E-state index contributed by atoms with van der Waals surface area (Å²) in [6, 6.07) is 58.5. The summed E-state index contributed by atoms with van der Waals surface area (Å²) < 4.78 is 211. The largest absolute Gasteiger partial charge is 0.308 e. The molecule has 8 aromatic carbocycles. The Morgan fingerprint density at radius 3 is 1.01 bits per heavy atom. The lowest BCUT2D eigenvalue weighted by Crippen LogP contribution is -2.44. The standard InChI is InChI=1S/C19H24N2O2S.2C14H21NO2S.2C13H19NO2S.C11H18N2O2S.C10H13F2NO2S.CH4.ClH/c1-16-7-9-19(10-8-16)24(22,23)20-18-11-13-21(14-12-18)15-17-5-3-2-4-6-17;1-12-7-9-14(10-8-12)18(16,17)15-11-13-5-3-2-4-6-13;1-3-13-8-10-15(11-9-13)18(16,17)14-6-4-12(2)5-7-14;1-11-3-5-13(6-4-11)17(15,16)14-9-7-12(2)8-10-14;1-11-7-9-13(10-8-11)17(15,16)14-12-5-3-2-4-6-12;1-10-4-6-11(7-5-10)16(14,15)12-8-9-13(2)3;1-8-3-5-9(6-4-8)16(14,15)13-7-10(2,11)12;;/h2-10,18,20H,11-15H2,1H3;7-10,13,15H,2-6,11H2,1H3;4-7,13H,3,8-11H2,1-2H3;3-6,12H,7-10H2,1-2H3;7-10,12,14H,2-6H2,1H3;4-7,12H,8-9H2,1-3H3;3-6,13H,7H2,1-2H3;1H4;1H. The third-order valence-electron chi connectivity index (χ3n) is 22.7. The first-order valence-electron chi connectivity index (χ1n) is 43.6. The number of likely N-dealkylation sites (N-methyl/N-ethyl adjacent to an activating group) is 1. The van der Waals surface area contributed by atoms with E-state index in [9.17, 15) is 67.7 Å². The molecule has 33 heteroatoms. The summed E-state index contributed by atoms with van der Waals surface area (Å²) in [6.45, 7) is 24.7. The molecule has 2 aliphatic carbocycles. The number of alkyl halides is 2. The molecule has 0 atom stereocenters. The maximum absolute atomic E-state index is 12.5. The topological polar surface area (TPSA) is 312 Å². The first-order chi connectivity index (χ1) is 59.3. The van der Waals surface area contributed by atoms with Crippen molar-refractivity contribution in [2.24, 2.45) is 17.8 Å². The van der Waals surface area contributed by atoms with Crippen LogP contribution in [0.4, 0.5) is 8.78 Å². The van der Waals surface area contributed by atoms with E-state index >= 15 is 0 Å². The zero-order chi connectivity index (χ0) is 92.5. The molecule has 0 amide bonds. The molecule has 0 radical (unpaired) electrons. The Balaban J connectivity index is 0.000000265. The monoisotopic (exact) mass is 1930 g/mol. The number of halogens is 3. The van der Waals surface area contributed by atoms with Crippen LogP contribution in [-0.2, 0) is 76.7 Å². The Morgan fingerprint density at radius 2 is 0.672 bits per heavy atom. The van der Waals surface area contributed by atoms with Gasteiger partial charge in [-0.2, -0.15) is 8.61 Å². The van der Waals surface area contributed by atoms with E-state index in [2.05, 4.69) is 61.9 Å². The summed E-state index contributed by atoms with van der Waals surface area (Å²) in [4.78, 5) is 6.53.